The lowest BCUT2D eigenvalue weighted by molar-refractivity contribution is -0.142. The van der Waals surface area contributed by atoms with Gasteiger partial charge < -0.3 is 13.3 Å². The molecule has 5 nitrogen and oxygen atoms in total. The van der Waals surface area contributed by atoms with Crippen LogP contribution in [0.4, 0.5) is 0 Å². The van der Waals surface area contributed by atoms with Gasteiger partial charge >= 0.3 is 8.80 Å². The van der Waals surface area contributed by atoms with Crippen molar-refractivity contribution in [2.75, 3.05) is 6.61 Å². The van der Waals surface area contributed by atoms with Gasteiger partial charge in [0.2, 0.25) is 0 Å². The Kier molecular flexibility index (Phi) is 4.64. The lowest BCUT2D eigenvalue weighted by Gasteiger charge is -2.22. The van der Waals surface area contributed by atoms with E-state index in [-0.39, 0.29) is 0 Å². The van der Waals surface area contributed by atoms with Crippen LogP contribution < -0.4 is 0 Å². The van der Waals surface area contributed by atoms with Crippen molar-refractivity contribution < 1.29 is 22.9 Å². The van der Waals surface area contributed by atoms with E-state index in [1.807, 2.05) is 0 Å². The van der Waals surface area contributed by atoms with E-state index in [4.69, 9.17) is 13.3 Å². The van der Waals surface area contributed by atoms with Crippen LogP contribution in [0.25, 0.3) is 0 Å². The van der Waals surface area contributed by atoms with Crippen molar-refractivity contribution in [3.63, 3.8) is 0 Å². The summed E-state index contributed by atoms with van der Waals surface area (Å²) in [5.74, 6) is -1.02. The van der Waals surface area contributed by atoms with E-state index >= 15 is 0 Å². The molecule has 0 fully saturated rings. The quantitative estimate of drug-likeness (QED) is 0.634. The zero-order chi connectivity index (χ0) is 10.5. The molecule has 0 aromatic rings. The fraction of sp³-hybridized carbons (Fsp3) is 0.714. The first-order valence-electron chi connectivity index (χ1n) is 3.92. The van der Waals surface area contributed by atoms with E-state index in [9.17, 15) is 9.59 Å². The third-order valence-corrected chi connectivity index (χ3v) is 3.19. The predicted octanol–water partition coefficient (Wildman–Crippen LogP) is 0.718. The van der Waals surface area contributed by atoms with Gasteiger partial charge in [-0.25, -0.2) is 0 Å². The average molecular weight is 206 g/mol. The fourth-order valence-corrected chi connectivity index (χ4v) is 2.59. The highest BCUT2D eigenvalue weighted by molar-refractivity contribution is 6.62. The number of carbonyl (C=O) groups is 2. The first kappa shape index (κ1) is 12.1. The summed E-state index contributed by atoms with van der Waals surface area (Å²) >= 11 is 0. The Morgan fingerprint density at radius 3 is 1.77 bits per heavy atom. The van der Waals surface area contributed by atoms with E-state index < -0.39 is 20.7 Å². The molecule has 0 N–H and O–H groups in total. The van der Waals surface area contributed by atoms with Crippen LogP contribution in [0.15, 0.2) is 0 Å². The topological polar surface area (TPSA) is 61.8 Å². The SMILES string of the molecule is CCO[Si](C)(OC(C)=O)OC(C)=O. The fourth-order valence-electron chi connectivity index (χ4n) is 0.864. The van der Waals surface area contributed by atoms with E-state index in [0.717, 1.165) is 0 Å². The molecule has 0 bridgehead atoms. The number of rotatable bonds is 4. The van der Waals surface area contributed by atoms with Gasteiger partial charge in [0.15, 0.2) is 0 Å². The van der Waals surface area contributed by atoms with Crippen molar-refractivity contribution in [3.05, 3.63) is 0 Å². The van der Waals surface area contributed by atoms with Gasteiger partial charge in [0, 0.05) is 27.0 Å². The predicted molar refractivity (Wildman–Crippen MR) is 46.8 cm³/mol. The highest BCUT2D eigenvalue weighted by Crippen LogP contribution is 2.09. The van der Waals surface area contributed by atoms with E-state index in [2.05, 4.69) is 0 Å². The number of hydrogen-bond acceptors (Lipinski definition) is 5. The van der Waals surface area contributed by atoms with Crippen LogP contribution in [0.2, 0.25) is 6.55 Å². The largest absolute Gasteiger partial charge is 0.632 e. The summed E-state index contributed by atoms with van der Waals surface area (Å²) in [6, 6.07) is 0. The second kappa shape index (κ2) is 4.98. The van der Waals surface area contributed by atoms with Crippen LogP contribution in [-0.4, -0.2) is 27.3 Å². The molecule has 0 heterocycles. The smallest absolute Gasteiger partial charge is 0.465 e. The summed E-state index contributed by atoms with van der Waals surface area (Å²) in [6.45, 7) is 6.06. The lowest BCUT2D eigenvalue weighted by Crippen LogP contribution is -2.45. The Morgan fingerprint density at radius 1 is 1.15 bits per heavy atom. The van der Waals surface area contributed by atoms with Gasteiger partial charge in [-0.3, -0.25) is 9.59 Å². The molecule has 0 aromatic carbocycles. The monoisotopic (exact) mass is 206 g/mol. The third-order valence-electron chi connectivity index (χ3n) is 1.06. The molecule has 13 heavy (non-hydrogen) atoms. The molecule has 0 saturated carbocycles. The van der Waals surface area contributed by atoms with Gasteiger partial charge in [-0.15, -0.1) is 0 Å². The normalized spacial score (nSPS) is 10.8. The second-order valence-corrected chi connectivity index (χ2v) is 4.90. The number of hydrogen-bond donors (Lipinski definition) is 0. The molecule has 0 aliphatic heterocycles. The zero-order valence-corrected chi connectivity index (χ0v) is 9.25. The minimum absolute atomic E-state index is 0.337. The molecular formula is C7H14O5Si. The summed E-state index contributed by atoms with van der Waals surface area (Å²) in [5.41, 5.74) is 0. The third kappa shape index (κ3) is 5.37. The van der Waals surface area contributed by atoms with E-state index in [1.165, 1.54) is 20.4 Å². The molecule has 76 valence electrons. The molecule has 0 amide bonds. The summed E-state index contributed by atoms with van der Waals surface area (Å²) in [5, 5.41) is 0. The van der Waals surface area contributed by atoms with E-state index in [0.29, 0.717) is 6.61 Å². The molecule has 6 heteroatoms. The van der Waals surface area contributed by atoms with Crippen LogP contribution in [0.5, 0.6) is 0 Å². The molecule has 0 unspecified atom stereocenters. The van der Waals surface area contributed by atoms with Crippen molar-refractivity contribution in [1.29, 1.82) is 0 Å². The maximum absolute atomic E-state index is 10.7. The van der Waals surface area contributed by atoms with Crippen LogP contribution in [-0.2, 0) is 22.9 Å². The molecule has 0 atom stereocenters. The first-order valence-corrected chi connectivity index (χ1v) is 6.15. The van der Waals surface area contributed by atoms with E-state index in [1.54, 1.807) is 6.92 Å². The zero-order valence-electron chi connectivity index (χ0n) is 8.25. The Morgan fingerprint density at radius 2 is 1.54 bits per heavy atom. The van der Waals surface area contributed by atoms with Crippen LogP contribution in [0.1, 0.15) is 20.8 Å². The highest BCUT2D eigenvalue weighted by atomic mass is 28.4. The van der Waals surface area contributed by atoms with Gasteiger partial charge in [0.05, 0.1) is 0 Å². The average Bonchev–Trinajstić information content (AvgIpc) is 1.81. The molecule has 0 saturated heterocycles. The molecule has 0 radical (unpaired) electrons. The van der Waals surface area contributed by atoms with Crippen molar-refractivity contribution in [1.82, 2.24) is 0 Å². The Hall–Kier alpha value is -0.883. The lowest BCUT2D eigenvalue weighted by atomic mass is 10.9. The van der Waals surface area contributed by atoms with Crippen molar-refractivity contribution >= 4 is 20.7 Å². The molecule has 0 spiro atoms. The minimum atomic E-state index is -3.07. The van der Waals surface area contributed by atoms with Gasteiger partial charge in [0.25, 0.3) is 11.9 Å². The Bertz CT molecular complexity index is 187. The first-order chi connectivity index (χ1) is 5.89. The number of carbonyl (C=O) groups excluding carboxylic acids is 2. The summed E-state index contributed by atoms with van der Waals surface area (Å²) in [6.07, 6.45) is 0. The standard InChI is InChI=1S/C7H14O5Si/c1-5-10-13(4,11-6(2)8)12-7(3)9/h5H2,1-4H3. The van der Waals surface area contributed by atoms with Crippen LogP contribution in [0, 0.1) is 0 Å². The van der Waals surface area contributed by atoms with Crippen LogP contribution >= 0.6 is 0 Å². The summed E-state index contributed by atoms with van der Waals surface area (Å²) in [7, 11) is -3.07. The van der Waals surface area contributed by atoms with Gasteiger partial charge in [-0.05, 0) is 6.92 Å². The second-order valence-electron chi connectivity index (χ2n) is 2.48. The minimum Gasteiger partial charge on any atom is -0.465 e. The van der Waals surface area contributed by atoms with Gasteiger partial charge in [-0.2, -0.15) is 0 Å². The van der Waals surface area contributed by atoms with Crippen molar-refractivity contribution in [2.45, 2.75) is 27.3 Å². The molecule has 0 aliphatic rings. The Labute approximate surface area is 78.3 Å². The maximum atomic E-state index is 10.7. The van der Waals surface area contributed by atoms with Crippen molar-refractivity contribution in [3.8, 4) is 0 Å². The Balaban J connectivity index is 4.32. The highest BCUT2D eigenvalue weighted by Gasteiger charge is 2.41. The molecule has 0 aliphatic carbocycles. The maximum Gasteiger partial charge on any atom is 0.632 e. The van der Waals surface area contributed by atoms with Gasteiger partial charge in [0.1, 0.15) is 0 Å². The van der Waals surface area contributed by atoms with Gasteiger partial charge in [-0.1, -0.05) is 0 Å². The molecular weight excluding hydrogens is 192 g/mol. The van der Waals surface area contributed by atoms with Crippen LogP contribution in [0.3, 0.4) is 0 Å². The summed E-state index contributed by atoms with van der Waals surface area (Å²) < 4.78 is 14.8. The van der Waals surface area contributed by atoms with Crippen molar-refractivity contribution in [2.24, 2.45) is 0 Å². The summed E-state index contributed by atoms with van der Waals surface area (Å²) in [4.78, 5) is 21.3. The molecule has 0 aromatic heterocycles. The molecule has 0 rings (SSSR count).